The van der Waals surface area contributed by atoms with E-state index in [1.165, 1.54) is 20.3 Å². The van der Waals surface area contributed by atoms with E-state index in [4.69, 9.17) is 37.6 Å². The highest BCUT2D eigenvalue weighted by Crippen LogP contribution is 2.72. The van der Waals surface area contributed by atoms with Crippen molar-refractivity contribution in [2.24, 2.45) is 28.1 Å². The lowest BCUT2D eigenvalue weighted by Crippen LogP contribution is -2.62. The second-order valence-electron chi connectivity index (χ2n) is 17.1. The predicted octanol–water partition coefficient (Wildman–Crippen LogP) is 0.806. The van der Waals surface area contributed by atoms with E-state index < -0.39 is 126 Å². The van der Waals surface area contributed by atoms with Crippen LogP contribution in [0.4, 0.5) is 0 Å². The number of allylic oxidation sites excluding steroid dienone is 1. The summed E-state index contributed by atoms with van der Waals surface area (Å²) < 4.78 is 46.3. The molecule has 3 unspecified atom stereocenters. The van der Waals surface area contributed by atoms with Gasteiger partial charge in [0.15, 0.2) is 18.7 Å². The van der Waals surface area contributed by atoms with Crippen molar-refractivity contribution in [2.75, 3.05) is 13.7 Å². The zero-order chi connectivity index (χ0) is 40.0. The molecule has 6 N–H and O–H groups in total. The van der Waals surface area contributed by atoms with E-state index in [0.29, 0.717) is 12.8 Å². The number of hydrogen-bond acceptors (Lipinski definition) is 16. The van der Waals surface area contributed by atoms with Gasteiger partial charge in [-0.1, -0.05) is 46.4 Å². The zero-order valence-corrected chi connectivity index (χ0v) is 31.8. The van der Waals surface area contributed by atoms with Gasteiger partial charge in [-0.05, 0) is 54.1 Å². The fraction of sp³-hybridized carbons (Fsp3) is 0.744. The molecule has 6 aliphatic rings. The molecule has 2 aliphatic carbocycles. The Morgan fingerprint density at radius 2 is 1.64 bits per heavy atom. The predicted molar refractivity (Wildman–Crippen MR) is 186 cm³/mol. The first-order chi connectivity index (χ1) is 25.8. The number of rotatable bonds is 9. The lowest BCUT2D eigenvalue weighted by molar-refractivity contribution is -0.336. The molecule has 4 saturated heterocycles. The average Bonchev–Trinajstić information content (AvgIpc) is 3.71. The smallest absolute Gasteiger partial charge is 0.339 e. The molecule has 5 fully saturated rings. The van der Waals surface area contributed by atoms with Gasteiger partial charge >= 0.3 is 11.9 Å². The minimum Gasteiger partial charge on any atom is -0.472 e. The fourth-order valence-electron chi connectivity index (χ4n) is 10.3. The van der Waals surface area contributed by atoms with Gasteiger partial charge in [-0.2, -0.15) is 0 Å². The Kier molecular flexibility index (Phi) is 10.5. The number of ether oxygens (including phenoxy) is 7. The van der Waals surface area contributed by atoms with Crippen LogP contribution in [0.2, 0.25) is 0 Å². The molecule has 5 heterocycles. The van der Waals surface area contributed by atoms with Crippen molar-refractivity contribution in [3.05, 3.63) is 48.5 Å². The van der Waals surface area contributed by atoms with Gasteiger partial charge in [0.25, 0.3) is 0 Å². The molecule has 306 valence electrons. The second kappa shape index (κ2) is 14.3. The van der Waals surface area contributed by atoms with E-state index in [1.54, 1.807) is 12.3 Å². The number of methoxy groups -OCH3 is 1. The lowest BCUT2D eigenvalue weighted by Gasteiger charge is -2.58. The number of cyclic esters (lactones) is 1. The molecule has 1 saturated carbocycles. The molecule has 16 nitrogen and oxygen atoms in total. The first-order valence-electron chi connectivity index (χ1n) is 18.9. The summed E-state index contributed by atoms with van der Waals surface area (Å²) in [7, 11) is 1.32. The number of carbonyl (C=O) groups excluding carboxylic acids is 2. The molecule has 1 aromatic heterocycles. The van der Waals surface area contributed by atoms with Crippen LogP contribution in [0.25, 0.3) is 0 Å². The highest BCUT2D eigenvalue weighted by atomic mass is 16.7. The first kappa shape index (κ1) is 40.5. The Balaban J connectivity index is 1.13. The van der Waals surface area contributed by atoms with E-state index in [0.717, 1.165) is 11.1 Å². The molecule has 0 aromatic carbocycles. The van der Waals surface area contributed by atoms with Crippen LogP contribution >= 0.6 is 0 Å². The Morgan fingerprint density at radius 3 is 2.31 bits per heavy atom. The summed E-state index contributed by atoms with van der Waals surface area (Å²) in [5.74, 6) is -1.65. The van der Waals surface area contributed by atoms with Gasteiger partial charge in [0, 0.05) is 17.4 Å². The molecule has 0 bridgehead atoms. The maximum absolute atomic E-state index is 13.3. The molecule has 1 aromatic rings. The van der Waals surface area contributed by atoms with Gasteiger partial charge in [0.2, 0.25) is 0 Å². The molecule has 7 rings (SSSR count). The van der Waals surface area contributed by atoms with Crippen LogP contribution in [0.1, 0.15) is 65.5 Å². The molecule has 0 amide bonds. The second-order valence-corrected chi connectivity index (χ2v) is 17.1. The summed E-state index contributed by atoms with van der Waals surface area (Å²) in [5, 5.41) is 63.3. The third-order valence-electron chi connectivity index (χ3n) is 13.7. The van der Waals surface area contributed by atoms with Crippen molar-refractivity contribution in [1.82, 2.24) is 0 Å². The Bertz CT molecular complexity index is 1650. The third-order valence-corrected chi connectivity index (χ3v) is 13.7. The Hall–Kier alpha value is -2.74. The van der Waals surface area contributed by atoms with Crippen molar-refractivity contribution >= 4 is 11.9 Å². The van der Waals surface area contributed by atoms with Crippen molar-refractivity contribution < 1.29 is 77.8 Å². The van der Waals surface area contributed by atoms with E-state index >= 15 is 0 Å². The van der Waals surface area contributed by atoms with Crippen LogP contribution in [0, 0.1) is 28.1 Å². The summed E-state index contributed by atoms with van der Waals surface area (Å²) in [5.41, 5.74) is -1.79. The lowest BCUT2D eigenvalue weighted by atomic mass is 9.46. The molecule has 18 atom stereocenters. The van der Waals surface area contributed by atoms with Crippen LogP contribution in [0.3, 0.4) is 0 Å². The zero-order valence-electron chi connectivity index (χ0n) is 31.8. The molecule has 16 heteroatoms. The minimum absolute atomic E-state index is 0.0171. The first-order valence-corrected chi connectivity index (χ1v) is 18.9. The number of epoxide rings is 1. The van der Waals surface area contributed by atoms with Crippen LogP contribution in [0.15, 0.2) is 47.3 Å². The highest BCUT2D eigenvalue weighted by molar-refractivity contribution is 5.83. The molecule has 4 aliphatic heterocycles. The normalized spacial score (nSPS) is 49.1. The maximum Gasteiger partial charge on any atom is 0.339 e. The summed E-state index contributed by atoms with van der Waals surface area (Å²) in [6.45, 7) is 13.6. The molecule has 0 radical (unpaired) electrons. The number of carbonyl (C=O) groups is 2. The van der Waals surface area contributed by atoms with E-state index in [1.807, 2.05) is 32.9 Å². The van der Waals surface area contributed by atoms with Crippen molar-refractivity contribution in [3.8, 4) is 0 Å². The quantitative estimate of drug-likeness (QED) is 0.116. The van der Waals surface area contributed by atoms with Gasteiger partial charge in [-0.3, -0.25) is 4.79 Å². The van der Waals surface area contributed by atoms with Gasteiger partial charge in [-0.25, -0.2) is 4.79 Å². The molecular formula is C39H54O16. The molecule has 55 heavy (non-hydrogen) atoms. The van der Waals surface area contributed by atoms with E-state index in [-0.39, 0.29) is 12.3 Å². The fourth-order valence-corrected chi connectivity index (χ4v) is 10.3. The van der Waals surface area contributed by atoms with Crippen LogP contribution in [0.5, 0.6) is 0 Å². The van der Waals surface area contributed by atoms with Crippen LogP contribution in [-0.2, 0) is 42.7 Å². The molecular weight excluding hydrogens is 724 g/mol. The van der Waals surface area contributed by atoms with Gasteiger partial charge in [-0.15, -0.1) is 0 Å². The number of furan rings is 1. The minimum atomic E-state index is -1.72. The van der Waals surface area contributed by atoms with Gasteiger partial charge in [0.05, 0.1) is 38.5 Å². The number of esters is 2. The monoisotopic (exact) mass is 778 g/mol. The van der Waals surface area contributed by atoms with Crippen LogP contribution < -0.4 is 0 Å². The van der Waals surface area contributed by atoms with Crippen LogP contribution in [-0.4, -0.2) is 136 Å². The van der Waals surface area contributed by atoms with Crippen molar-refractivity contribution in [3.63, 3.8) is 0 Å². The maximum atomic E-state index is 13.3. The number of hydrogen-bond donors (Lipinski definition) is 6. The summed E-state index contributed by atoms with van der Waals surface area (Å²) >= 11 is 0. The summed E-state index contributed by atoms with van der Waals surface area (Å²) in [4.78, 5) is 26.4. The Morgan fingerprint density at radius 1 is 0.945 bits per heavy atom. The van der Waals surface area contributed by atoms with Crippen molar-refractivity contribution in [1.29, 1.82) is 0 Å². The topological polar surface area (TPSA) is 237 Å². The summed E-state index contributed by atoms with van der Waals surface area (Å²) in [6.07, 6.45) is -8.66. The summed E-state index contributed by atoms with van der Waals surface area (Å²) in [6, 6.07) is 1.78. The third kappa shape index (κ3) is 6.23. The van der Waals surface area contributed by atoms with E-state index in [2.05, 4.69) is 13.5 Å². The van der Waals surface area contributed by atoms with Crippen molar-refractivity contribution in [2.45, 2.75) is 139 Å². The SMILES string of the molecule is C=C1C([C@@]2(C)C=CC(O[C@@H]3O[C@H](CO[C@@H]4O[C@@H](C)[C@H](O)[C@@H](O)[C@H]4O)[C@@H](O)[C@H](O)[C@H]3O)C(C)(C)C2CC(=O)OC)CC[C@@]2(C)[C@H](c3ccoc3)OC(=O)[C@H]3O[C@]132. The van der Waals surface area contributed by atoms with Gasteiger partial charge < -0.3 is 68.2 Å². The number of aliphatic hydroxyl groups excluding tert-OH is 6. The number of aliphatic hydroxyl groups is 6. The highest BCUT2D eigenvalue weighted by Gasteiger charge is 2.80. The standard InChI is InChI=1S/C39H54O16/c1-17-20(8-12-38(6)31(19-10-13-49-15-19)54-33(47)32-39(17,38)55-32)37(5)11-9-23(36(3,4)22(37)14-24(40)48-7)53-35-30(46)28(44)26(42)21(52-35)16-50-34-29(45)27(43)25(41)18(2)51-34/h9-11,13,15,18,20-23,25-32,34-35,41-46H,1,8,12,14,16H2,2-7H3/t18-,20?,21+,22?,23?,25-,26+,27+,28-,29+,30+,31-,32+,34+,35-,37+,38-,39+/m0/s1. The van der Waals surface area contributed by atoms with Gasteiger partial charge in [0.1, 0.15) is 54.4 Å². The average molecular weight is 779 g/mol. The van der Waals surface area contributed by atoms with E-state index in [9.17, 15) is 40.2 Å². The molecule has 1 spiro atoms. The Labute approximate surface area is 318 Å². The largest absolute Gasteiger partial charge is 0.472 e.